The SMILES string of the molecule is C[N+](C)(C(CO)=Nc1ccccc1Nc1ccccc1)c1ccccc1. The Hall–Kier alpha value is -2.95. The smallest absolute Gasteiger partial charge is 0.234 e. The molecule has 4 nitrogen and oxygen atoms in total. The number of hydrogen-bond acceptors (Lipinski definition) is 3. The molecule has 26 heavy (non-hydrogen) atoms. The minimum absolute atomic E-state index is 0.123. The Morgan fingerprint density at radius 1 is 0.846 bits per heavy atom. The van der Waals surface area contributed by atoms with Crippen molar-refractivity contribution in [1.29, 1.82) is 0 Å². The number of nitrogens with zero attached hydrogens (tertiary/aromatic N) is 2. The predicted molar refractivity (Wildman–Crippen MR) is 110 cm³/mol. The van der Waals surface area contributed by atoms with Crippen molar-refractivity contribution in [2.75, 3.05) is 26.0 Å². The van der Waals surface area contributed by atoms with Crippen molar-refractivity contribution in [3.05, 3.63) is 84.9 Å². The van der Waals surface area contributed by atoms with Gasteiger partial charge in [-0.05, 0) is 36.4 Å². The van der Waals surface area contributed by atoms with Crippen LogP contribution in [0.1, 0.15) is 0 Å². The van der Waals surface area contributed by atoms with Crippen molar-refractivity contribution >= 4 is 28.6 Å². The highest BCUT2D eigenvalue weighted by Crippen LogP contribution is 2.29. The summed E-state index contributed by atoms with van der Waals surface area (Å²) in [5.41, 5.74) is 3.76. The maximum atomic E-state index is 10.00. The molecule has 0 unspecified atom stereocenters. The molecule has 0 atom stereocenters. The first-order valence-electron chi connectivity index (χ1n) is 8.61. The summed E-state index contributed by atoms with van der Waals surface area (Å²) >= 11 is 0. The van der Waals surface area contributed by atoms with Crippen LogP contribution >= 0.6 is 0 Å². The van der Waals surface area contributed by atoms with E-state index in [1.54, 1.807) is 0 Å². The second-order valence-corrected chi connectivity index (χ2v) is 6.48. The lowest BCUT2D eigenvalue weighted by atomic mass is 10.2. The average Bonchev–Trinajstić information content (AvgIpc) is 2.68. The van der Waals surface area contributed by atoms with Crippen molar-refractivity contribution in [2.24, 2.45) is 4.99 Å². The highest BCUT2D eigenvalue weighted by atomic mass is 16.3. The number of aliphatic hydroxyl groups is 1. The Bertz CT molecular complexity index is 874. The third kappa shape index (κ3) is 3.99. The molecule has 0 aliphatic rings. The first-order valence-corrected chi connectivity index (χ1v) is 8.61. The zero-order valence-electron chi connectivity index (χ0n) is 15.1. The van der Waals surface area contributed by atoms with Gasteiger partial charge in [0.15, 0.2) is 0 Å². The number of anilines is 2. The third-order valence-electron chi connectivity index (χ3n) is 4.39. The molecule has 3 rings (SSSR count). The van der Waals surface area contributed by atoms with E-state index in [2.05, 4.69) is 5.32 Å². The summed E-state index contributed by atoms with van der Waals surface area (Å²) in [6, 6.07) is 27.9. The Morgan fingerprint density at radius 3 is 2.08 bits per heavy atom. The van der Waals surface area contributed by atoms with Crippen LogP contribution in [0, 0.1) is 0 Å². The van der Waals surface area contributed by atoms with Gasteiger partial charge in [-0.1, -0.05) is 48.5 Å². The normalized spacial score (nSPS) is 12.0. The molecule has 0 spiro atoms. The average molecular weight is 346 g/mol. The van der Waals surface area contributed by atoms with E-state index < -0.39 is 0 Å². The predicted octanol–water partition coefficient (Wildman–Crippen LogP) is 4.72. The molecule has 0 aromatic heterocycles. The summed E-state index contributed by atoms with van der Waals surface area (Å²) in [6.07, 6.45) is 0. The molecule has 0 heterocycles. The van der Waals surface area contributed by atoms with E-state index in [0.29, 0.717) is 10.3 Å². The number of aliphatic hydroxyl groups excluding tert-OH is 1. The molecule has 4 heteroatoms. The lowest BCUT2D eigenvalue weighted by molar-refractivity contribution is 0.340. The summed E-state index contributed by atoms with van der Waals surface area (Å²) in [5.74, 6) is 0.665. The molecule has 0 saturated heterocycles. The van der Waals surface area contributed by atoms with E-state index in [0.717, 1.165) is 22.7 Å². The van der Waals surface area contributed by atoms with Crippen LogP contribution < -0.4 is 9.80 Å². The monoisotopic (exact) mass is 346 g/mol. The minimum Gasteiger partial charge on any atom is -0.384 e. The quantitative estimate of drug-likeness (QED) is 0.399. The molecule has 3 aromatic carbocycles. The number of likely N-dealkylation sites (N-methyl/N-ethyl adjacent to an activating group) is 1. The van der Waals surface area contributed by atoms with E-state index in [9.17, 15) is 5.11 Å². The fourth-order valence-corrected chi connectivity index (χ4v) is 2.78. The molecule has 0 amide bonds. The second kappa shape index (κ2) is 7.95. The van der Waals surface area contributed by atoms with Crippen LogP contribution in [0.3, 0.4) is 0 Å². The first-order chi connectivity index (χ1) is 12.6. The number of benzene rings is 3. The number of aliphatic imine (C=N–C) groups is 1. The summed E-state index contributed by atoms with van der Waals surface area (Å²) in [4.78, 5) is 4.80. The maximum Gasteiger partial charge on any atom is 0.234 e. The number of quaternary nitrogens is 1. The van der Waals surface area contributed by atoms with Gasteiger partial charge in [-0.3, -0.25) is 0 Å². The van der Waals surface area contributed by atoms with Crippen LogP contribution in [-0.4, -0.2) is 31.6 Å². The molecule has 0 radical (unpaired) electrons. The molecule has 0 bridgehead atoms. The summed E-state index contributed by atoms with van der Waals surface area (Å²) in [5, 5.41) is 13.4. The molecular weight excluding hydrogens is 322 g/mol. The van der Waals surface area contributed by atoms with Crippen molar-refractivity contribution in [2.45, 2.75) is 0 Å². The lowest BCUT2D eigenvalue weighted by Gasteiger charge is -2.29. The molecule has 132 valence electrons. The van der Waals surface area contributed by atoms with Crippen molar-refractivity contribution in [3.8, 4) is 0 Å². The number of nitrogens with one attached hydrogen (secondary N) is 1. The van der Waals surface area contributed by atoms with E-state index in [1.807, 2.05) is 99.0 Å². The van der Waals surface area contributed by atoms with Gasteiger partial charge in [-0.2, -0.15) is 4.99 Å². The highest BCUT2D eigenvalue weighted by Gasteiger charge is 2.26. The molecule has 2 N–H and O–H groups in total. The Kier molecular flexibility index (Phi) is 5.46. The van der Waals surface area contributed by atoms with Gasteiger partial charge in [-0.25, -0.2) is 4.48 Å². The van der Waals surface area contributed by atoms with Gasteiger partial charge in [-0.15, -0.1) is 0 Å². The largest absolute Gasteiger partial charge is 0.384 e. The minimum atomic E-state index is -0.123. The molecule has 0 aliphatic carbocycles. The number of hydrogen-bond donors (Lipinski definition) is 2. The molecule has 0 aliphatic heterocycles. The summed E-state index contributed by atoms with van der Waals surface area (Å²) < 4.78 is 0.386. The fraction of sp³-hybridized carbons (Fsp3) is 0.136. The third-order valence-corrected chi connectivity index (χ3v) is 4.39. The van der Waals surface area contributed by atoms with Crippen LogP contribution in [0.5, 0.6) is 0 Å². The van der Waals surface area contributed by atoms with Crippen LogP contribution in [-0.2, 0) is 0 Å². The Balaban J connectivity index is 1.97. The van der Waals surface area contributed by atoms with Crippen molar-refractivity contribution in [1.82, 2.24) is 4.48 Å². The van der Waals surface area contributed by atoms with Gasteiger partial charge in [0.2, 0.25) is 5.84 Å². The molecule has 0 saturated carbocycles. The fourth-order valence-electron chi connectivity index (χ4n) is 2.78. The number of rotatable bonds is 5. The van der Waals surface area contributed by atoms with E-state index in [-0.39, 0.29) is 6.61 Å². The van der Waals surface area contributed by atoms with E-state index in [4.69, 9.17) is 4.99 Å². The maximum absolute atomic E-state index is 10.00. The van der Waals surface area contributed by atoms with Gasteiger partial charge >= 0.3 is 0 Å². The lowest BCUT2D eigenvalue weighted by Crippen LogP contribution is -2.48. The summed E-state index contributed by atoms with van der Waals surface area (Å²) in [7, 11) is 4.05. The topological polar surface area (TPSA) is 44.6 Å². The van der Waals surface area contributed by atoms with E-state index in [1.165, 1.54) is 0 Å². The van der Waals surface area contributed by atoms with Gasteiger partial charge in [0.05, 0.1) is 25.5 Å². The van der Waals surface area contributed by atoms with Gasteiger partial charge in [0.25, 0.3) is 0 Å². The Morgan fingerprint density at radius 2 is 1.42 bits per heavy atom. The molecular formula is C22H24N3O+. The molecule has 3 aromatic rings. The summed E-state index contributed by atoms with van der Waals surface area (Å²) in [6.45, 7) is -0.123. The number of amidine groups is 1. The zero-order chi connectivity index (χ0) is 18.4. The molecule has 0 fully saturated rings. The van der Waals surface area contributed by atoms with Gasteiger partial charge in [0, 0.05) is 5.69 Å². The van der Waals surface area contributed by atoms with Crippen LogP contribution in [0.2, 0.25) is 0 Å². The van der Waals surface area contributed by atoms with Crippen LogP contribution in [0.4, 0.5) is 22.7 Å². The van der Waals surface area contributed by atoms with Gasteiger partial charge < -0.3 is 10.4 Å². The highest BCUT2D eigenvalue weighted by molar-refractivity contribution is 5.96. The Labute approximate surface area is 154 Å². The first kappa shape index (κ1) is 17.9. The number of para-hydroxylation sites is 4. The standard InChI is InChI=1S/C22H24N3O/c1-25(2,19-13-7-4-8-14-19)22(17-26)24-21-16-10-9-15-20(21)23-18-11-5-3-6-12-18/h3-16,23,26H,17H2,1-2H3/q+1. The van der Waals surface area contributed by atoms with Gasteiger partial charge in [0.1, 0.15) is 12.3 Å². The second-order valence-electron chi connectivity index (χ2n) is 6.48. The van der Waals surface area contributed by atoms with Crippen molar-refractivity contribution in [3.63, 3.8) is 0 Å². The van der Waals surface area contributed by atoms with E-state index >= 15 is 0 Å². The van der Waals surface area contributed by atoms with Crippen molar-refractivity contribution < 1.29 is 5.11 Å². The van der Waals surface area contributed by atoms with Crippen LogP contribution in [0.25, 0.3) is 0 Å². The van der Waals surface area contributed by atoms with Crippen LogP contribution in [0.15, 0.2) is 89.9 Å². The zero-order valence-corrected chi connectivity index (χ0v) is 15.1.